The molecule has 0 atom stereocenters. The summed E-state index contributed by atoms with van der Waals surface area (Å²) in [6.45, 7) is 0.550. The van der Waals surface area contributed by atoms with Crippen molar-refractivity contribution in [1.82, 2.24) is 0 Å². The van der Waals surface area contributed by atoms with Crippen molar-refractivity contribution in [2.45, 2.75) is 19.2 Å². The van der Waals surface area contributed by atoms with Crippen LogP contribution in [-0.4, -0.2) is 18.8 Å². The number of halogens is 4. The Balaban J connectivity index is 2.22. The highest BCUT2D eigenvalue weighted by atomic mass is 35.5. The van der Waals surface area contributed by atoms with Gasteiger partial charge < -0.3 is 9.64 Å². The Kier molecular flexibility index (Phi) is 3.38. The second-order valence-corrected chi connectivity index (χ2v) is 4.22. The van der Waals surface area contributed by atoms with Crippen molar-refractivity contribution in [3.05, 3.63) is 23.2 Å². The fraction of sp³-hybridized carbons (Fsp3) is 0.364. The van der Waals surface area contributed by atoms with Crippen LogP contribution in [-0.2, 0) is 4.79 Å². The first-order valence-electron chi connectivity index (χ1n) is 5.22. The molecule has 0 bridgehead atoms. The second-order valence-electron chi connectivity index (χ2n) is 3.81. The van der Waals surface area contributed by atoms with Gasteiger partial charge in [-0.1, -0.05) is 11.6 Å². The summed E-state index contributed by atoms with van der Waals surface area (Å²) in [6.07, 6.45) is -3.61. The van der Waals surface area contributed by atoms with Crippen LogP contribution < -0.4 is 9.64 Å². The van der Waals surface area contributed by atoms with Gasteiger partial charge in [0.15, 0.2) is 0 Å². The van der Waals surface area contributed by atoms with E-state index in [1.54, 1.807) is 0 Å². The van der Waals surface area contributed by atoms with Crippen molar-refractivity contribution in [2.75, 3.05) is 11.4 Å². The minimum absolute atomic E-state index is 0.0597. The summed E-state index contributed by atoms with van der Waals surface area (Å²) in [5, 5.41) is -0.176. The molecule has 0 spiro atoms. The lowest BCUT2D eigenvalue weighted by atomic mass is 10.3. The van der Waals surface area contributed by atoms with E-state index in [0.717, 1.165) is 12.5 Å². The third-order valence-corrected chi connectivity index (χ3v) is 2.82. The molecule has 18 heavy (non-hydrogen) atoms. The van der Waals surface area contributed by atoms with E-state index >= 15 is 0 Å². The Bertz CT molecular complexity index is 476. The van der Waals surface area contributed by atoms with E-state index in [-0.39, 0.29) is 10.9 Å². The topological polar surface area (TPSA) is 29.5 Å². The van der Waals surface area contributed by atoms with Crippen LogP contribution in [0.1, 0.15) is 12.8 Å². The maximum absolute atomic E-state index is 12.0. The van der Waals surface area contributed by atoms with Crippen molar-refractivity contribution in [2.24, 2.45) is 0 Å². The second kappa shape index (κ2) is 4.68. The number of hydrogen-bond donors (Lipinski definition) is 0. The van der Waals surface area contributed by atoms with Gasteiger partial charge in [-0.25, -0.2) is 0 Å². The van der Waals surface area contributed by atoms with E-state index < -0.39 is 12.1 Å². The number of nitrogens with zero attached hydrogens (tertiary/aromatic N) is 1. The summed E-state index contributed by atoms with van der Waals surface area (Å²) in [6, 6.07) is 3.79. The van der Waals surface area contributed by atoms with Crippen LogP contribution in [0, 0.1) is 0 Å². The van der Waals surface area contributed by atoms with Crippen molar-refractivity contribution in [1.29, 1.82) is 0 Å². The normalized spacial score (nSPS) is 16.2. The standard InChI is InChI=1S/C11H9ClF3NO2/c12-8-6-7(16-5-1-2-10(16)17)3-4-9(8)18-11(13,14)15/h3-4,6H,1-2,5H2. The zero-order chi connectivity index (χ0) is 13.3. The fourth-order valence-corrected chi connectivity index (χ4v) is 2.00. The van der Waals surface area contributed by atoms with Gasteiger partial charge in [-0.15, -0.1) is 13.2 Å². The highest BCUT2D eigenvalue weighted by Crippen LogP contribution is 2.34. The molecule has 1 aliphatic heterocycles. The van der Waals surface area contributed by atoms with Crippen LogP contribution in [0.25, 0.3) is 0 Å². The molecule has 0 radical (unpaired) electrons. The predicted octanol–water partition coefficient (Wildman–Crippen LogP) is 3.37. The first-order valence-corrected chi connectivity index (χ1v) is 5.60. The van der Waals surface area contributed by atoms with Gasteiger partial charge in [-0.3, -0.25) is 4.79 Å². The molecule has 0 N–H and O–H groups in total. The lowest BCUT2D eigenvalue weighted by molar-refractivity contribution is -0.274. The van der Waals surface area contributed by atoms with Crippen LogP contribution in [0.2, 0.25) is 5.02 Å². The van der Waals surface area contributed by atoms with E-state index in [0.29, 0.717) is 18.7 Å². The molecule has 1 aromatic rings. The maximum atomic E-state index is 12.0. The third kappa shape index (κ3) is 2.87. The molecule has 1 saturated heterocycles. The Morgan fingerprint density at radius 3 is 2.56 bits per heavy atom. The molecule has 0 aromatic heterocycles. The maximum Gasteiger partial charge on any atom is 0.573 e. The first kappa shape index (κ1) is 13.0. The van der Waals surface area contributed by atoms with E-state index in [1.165, 1.54) is 17.0 Å². The molecule has 1 amide bonds. The van der Waals surface area contributed by atoms with E-state index in [4.69, 9.17) is 11.6 Å². The van der Waals surface area contributed by atoms with Gasteiger partial charge in [0.2, 0.25) is 5.91 Å². The minimum Gasteiger partial charge on any atom is -0.404 e. The summed E-state index contributed by atoms with van der Waals surface area (Å²) in [7, 11) is 0. The Hall–Kier alpha value is -1.43. The Labute approximate surface area is 106 Å². The third-order valence-electron chi connectivity index (χ3n) is 2.53. The average Bonchev–Trinajstić information content (AvgIpc) is 2.66. The highest BCUT2D eigenvalue weighted by molar-refractivity contribution is 6.32. The smallest absolute Gasteiger partial charge is 0.404 e. The summed E-state index contributed by atoms with van der Waals surface area (Å²) in [4.78, 5) is 13.0. The molecular weight excluding hydrogens is 271 g/mol. The zero-order valence-electron chi connectivity index (χ0n) is 9.13. The summed E-state index contributed by atoms with van der Waals surface area (Å²) >= 11 is 5.70. The Morgan fingerprint density at radius 2 is 2.06 bits per heavy atom. The van der Waals surface area contributed by atoms with Crippen LogP contribution in [0.3, 0.4) is 0 Å². The largest absolute Gasteiger partial charge is 0.573 e. The van der Waals surface area contributed by atoms with Crippen LogP contribution in [0.15, 0.2) is 18.2 Å². The quantitative estimate of drug-likeness (QED) is 0.831. The molecule has 0 saturated carbocycles. The molecule has 98 valence electrons. The number of hydrogen-bond acceptors (Lipinski definition) is 2. The SMILES string of the molecule is O=C1CCCN1c1ccc(OC(F)(F)F)c(Cl)c1. The molecule has 7 heteroatoms. The summed E-state index contributed by atoms with van der Waals surface area (Å²) in [5.74, 6) is -0.532. The molecule has 3 nitrogen and oxygen atoms in total. The van der Waals surface area contributed by atoms with E-state index in [1.807, 2.05) is 0 Å². The van der Waals surface area contributed by atoms with Gasteiger partial charge in [0.25, 0.3) is 0 Å². The highest BCUT2D eigenvalue weighted by Gasteiger charge is 2.32. The molecule has 0 aliphatic carbocycles. The van der Waals surface area contributed by atoms with Crippen LogP contribution >= 0.6 is 11.6 Å². The number of carbonyl (C=O) groups is 1. The van der Waals surface area contributed by atoms with Crippen molar-refractivity contribution >= 4 is 23.2 Å². The van der Waals surface area contributed by atoms with Gasteiger partial charge in [0.1, 0.15) is 5.75 Å². The van der Waals surface area contributed by atoms with Crippen molar-refractivity contribution in [3.8, 4) is 5.75 Å². The molecule has 1 fully saturated rings. The van der Waals surface area contributed by atoms with Gasteiger partial charge in [-0.2, -0.15) is 0 Å². The monoisotopic (exact) mass is 279 g/mol. The van der Waals surface area contributed by atoms with E-state index in [9.17, 15) is 18.0 Å². The number of ether oxygens (including phenoxy) is 1. The number of rotatable bonds is 2. The minimum atomic E-state index is -4.78. The van der Waals surface area contributed by atoms with Crippen molar-refractivity contribution < 1.29 is 22.7 Å². The molecule has 1 aliphatic rings. The first-order chi connectivity index (χ1) is 8.37. The number of alkyl halides is 3. The number of anilines is 1. The molecule has 2 rings (SSSR count). The molecule has 1 aromatic carbocycles. The van der Waals surface area contributed by atoms with Gasteiger partial charge in [-0.05, 0) is 24.6 Å². The van der Waals surface area contributed by atoms with Crippen LogP contribution in [0.5, 0.6) is 5.75 Å². The van der Waals surface area contributed by atoms with Gasteiger partial charge >= 0.3 is 6.36 Å². The van der Waals surface area contributed by atoms with Crippen LogP contribution in [0.4, 0.5) is 18.9 Å². The van der Waals surface area contributed by atoms with E-state index in [2.05, 4.69) is 4.74 Å². The zero-order valence-corrected chi connectivity index (χ0v) is 9.88. The number of amides is 1. The molecule has 0 unspecified atom stereocenters. The van der Waals surface area contributed by atoms with Gasteiger partial charge in [0.05, 0.1) is 5.02 Å². The Morgan fingerprint density at radius 1 is 1.33 bits per heavy atom. The predicted molar refractivity (Wildman–Crippen MR) is 59.7 cm³/mol. The lowest BCUT2D eigenvalue weighted by Crippen LogP contribution is -2.23. The summed E-state index contributed by atoms with van der Waals surface area (Å²) in [5.41, 5.74) is 0.483. The van der Waals surface area contributed by atoms with Crippen molar-refractivity contribution in [3.63, 3.8) is 0 Å². The average molecular weight is 280 g/mol. The number of benzene rings is 1. The lowest BCUT2D eigenvalue weighted by Gasteiger charge is -2.17. The van der Waals surface area contributed by atoms with Gasteiger partial charge in [0, 0.05) is 18.7 Å². The fourth-order valence-electron chi connectivity index (χ4n) is 1.79. The molecule has 1 heterocycles. The number of carbonyl (C=O) groups excluding carboxylic acids is 1. The molecular formula is C11H9ClF3NO2. The summed E-state index contributed by atoms with van der Waals surface area (Å²) < 4.78 is 39.9.